The number of nitrogens with one attached hydrogen (secondary N) is 3. The van der Waals surface area contributed by atoms with Gasteiger partial charge in [0.05, 0.1) is 0 Å². The predicted molar refractivity (Wildman–Crippen MR) is 91.7 cm³/mol. The zero-order valence-corrected chi connectivity index (χ0v) is 16.2. The lowest BCUT2D eigenvalue weighted by Gasteiger charge is -2.38. The first-order valence-electron chi connectivity index (χ1n) is 8.10. The molecule has 1 fully saturated rings. The van der Waals surface area contributed by atoms with Crippen molar-refractivity contribution in [2.45, 2.75) is 70.8 Å². The number of hydrogen-bond donors (Lipinski definition) is 4. The Morgan fingerprint density at radius 3 is 2.17 bits per heavy atom. The highest BCUT2D eigenvalue weighted by molar-refractivity contribution is 6.74. The summed E-state index contributed by atoms with van der Waals surface area (Å²) in [7, 11) is -2.07. The van der Waals surface area contributed by atoms with E-state index in [0.717, 1.165) is 0 Å². The molecule has 3 amide bonds. The van der Waals surface area contributed by atoms with Crippen LogP contribution >= 0.6 is 0 Å². The molecule has 138 valence electrons. The second-order valence-electron chi connectivity index (χ2n) is 7.81. The van der Waals surface area contributed by atoms with Crippen molar-refractivity contribution >= 4 is 26.2 Å². The van der Waals surface area contributed by atoms with Gasteiger partial charge in [-0.3, -0.25) is 20.4 Å². The molecule has 8 nitrogen and oxygen atoms in total. The summed E-state index contributed by atoms with van der Waals surface area (Å²) in [4.78, 5) is 34.4. The van der Waals surface area contributed by atoms with Gasteiger partial charge in [0.25, 0.3) is 5.91 Å². The van der Waals surface area contributed by atoms with Crippen LogP contribution < -0.4 is 16.2 Å². The topological polar surface area (TPSA) is 117 Å². The Morgan fingerprint density at radius 2 is 1.71 bits per heavy atom. The van der Waals surface area contributed by atoms with Crippen LogP contribution in [0, 0.1) is 5.92 Å². The SMILES string of the molecule is C[C@@H](O[Si](C)(C)C(C)(C)C)C(=O)NNC(=O)C1CC(NC(=O)O)C1. The van der Waals surface area contributed by atoms with Crippen molar-refractivity contribution in [2.75, 3.05) is 0 Å². The number of rotatable bonds is 5. The second-order valence-corrected chi connectivity index (χ2v) is 12.6. The van der Waals surface area contributed by atoms with Gasteiger partial charge in [0.15, 0.2) is 8.32 Å². The van der Waals surface area contributed by atoms with Crippen molar-refractivity contribution < 1.29 is 23.9 Å². The first kappa shape index (κ1) is 20.4. The van der Waals surface area contributed by atoms with Crippen LogP contribution in [0.5, 0.6) is 0 Å². The smallest absolute Gasteiger partial charge is 0.404 e. The third-order valence-electron chi connectivity index (χ3n) is 4.79. The van der Waals surface area contributed by atoms with Crippen molar-refractivity contribution in [3.8, 4) is 0 Å². The molecule has 9 heteroatoms. The molecule has 0 heterocycles. The maximum atomic E-state index is 12.1. The van der Waals surface area contributed by atoms with Gasteiger partial charge in [0.2, 0.25) is 5.91 Å². The molecule has 0 spiro atoms. The number of hydrazine groups is 1. The molecule has 1 aliphatic rings. The van der Waals surface area contributed by atoms with Crippen molar-refractivity contribution in [2.24, 2.45) is 5.92 Å². The molecular weight excluding hydrogens is 330 g/mol. The highest BCUT2D eigenvalue weighted by Gasteiger charge is 2.40. The minimum Gasteiger partial charge on any atom is -0.465 e. The van der Waals surface area contributed by atoms with E-state index in [2.05, 4.69) is 50.0 Å². The van der Waals surface area contributed by atoms with E-state index in [9.17, 15) is 14.4 Å². The molecular formula is C15H29N3O5Si. The molecule has 1 saturated carbocycles. The van der Waals surface area contributed by atoms with E-state index in [0.29, 0.717) is 12.8 Å². The number of carbonyl (C=O) groups excluding carboxylic acids is 2. The summed E-state index contributed by atoms with van der Waals surface area (Å²) in [5.74, 6) is -1.00. The summed E-state index contributed by atoms with van der Waals surface area (Å²) < 4.78 is 5.96. The molecule has 0 saturated heterocycles. The first-order chi connectivity index (χ1) is 10.8. The van der Waals surface area contributed by atoms with Gasteiger partial charge < -0.3 is 14.8 Å². The van der Waals surface area contributed by atoms with Crippen LogP contribution in [0.4, 0.5) is 4.79 Å². The number of amides is 3. The van der Waals surface area contributed by atoms with Gasteiger partial charge in [-0.25, -0.2) is 4.79 Å². The fourth-order valence-electron chi connectivity index (χ4n) is 2.12. The quantitative estimate of drug-likeness (QED) is 0.439. The molecule has 0 aromatic carbocycles. The Balaban J connectivity index is 2.36. The van der Waals surface area contributed by atoms with Crippen LogP contribution in [0.25, 0.3) is 0 Å². The number of carbonyl (C=O) groups is 3. The largest absolute Gasteiger partial charge is 0.465 e. The number of hydrogen-bond acceptors (Lipinski definition) is 4. The molecule has 0 unspecified atom stereocenters. The van der Waals surface area contributed by atoms with E-state index in [1.54, 1.807) is 6.92 Å². The average Bonchev–Trinajstić information content (AvgIpc) is 2.37. The zero-order valence-electron chi connectivity index (χ0n) is 15.2. The normalized spacial score (nSPS) is 22.1. The van der Waals surface area contributed by atoms with Crippen molar-refractivity contribution in [1.29, 1.82) is 0 Å². The molecule has 0 aliphatic heterocycles. The van der Waals surface area contributed by atoms with Gasteiger partial charge in [-0.1, -0.05) is 20.8 Å². The maximum absolute atomic E-state index is 12.1. The zero-order chi connectivity index (χ0) is 18.7. The highest BCUT2D eigenvalue weighted by Crippen LogP contribution is 2.37. The van der Waals surface area contributed by atoms with Crippen LogP contribution in [0.2, 0.25) is 18.1 Å². The highest BCUT2D eigenvalue weighted by atomic mass is 28.4. The second kappa shape index (κ2) is 7.52. The van der Waals surface area contributed by atoms with Crippen LogP contribution in [0.3, 0.4) is 0 Å². The van der Waals surface area contributed by atoms with E-state index in [4.69, 9.17) is 9.53 Å². The molecule has 0 bridgehead atoms. The summed E-state index contributed by atoms with van der Waals surface area (Å²) in [6.45, 7) is 12.0. The van der Waals surface area contributed by atoms with Gasteiger partial charge in [0, 0.05) is 12.0 Å². The lowest BCUT2D eigenvalue weighted by Crippen LogP contribution is -2.55. The average molecular weight is 359 g/mol. The first-order valence-corrected chi connectivity index (χ1v) is 11.0. The van der Waals surface area contributed by atoms with Crippen LogP contribution in [-0.2, 0) is 14.0 Å². The van der Waals surface area contributed by atoms with Gasteiger partial charge in [-0.05, 0) is 37.9 Å². The minimum absolute atomic E-state index is 0.0110. The van der Waals surface area contributed by atoms with Crippen molar-refractivity contribution in [1.82, 2.24) is 16.2 Å². The summed E-state index contributed by atoms with van der Waals surface area (Å²) in [5, 5.41) is 10.9. The summed E-state index contributed by atoms with van der Waals surface area (Å²) in [6, 6.07) is -0.199. The monoisotopic (exact) mass is 359 g/mol. The van der Waals surface area contributed by atoms with E-state index in [-0.39, 0.29) is 22.9 Å². The van der Waals surface area contributed by atoms with E-state index < -0.39 is 26.4 Å². The molecule has 0 radical (unpaired) electrons. The van der Waals surface area contributed by atoms with Gasteiger partial charge in [0.1, 0.15) is 6.10 Å². The van der Waals surface area contributed by atoms with Crippen LogP contribution in [0.15, 0.2) is 0 Å². The minimum atomic E-state index is -2.07. The third-order valence-corrected chi connectivity index (χ3v) is 9.35. The van der Waals surface area contributed by atoms with Crippen molar-refractivity contribution in [3.63, 3.8) is 0 Å². The Bertz CT molecular complexity index is 498. The molecule has 24 heavy (non-hydrogen) atoms. The van der Waals surface area contributed by atoms with Crippen LogP contribution in [0.1, 0.15) is 40.5 Å². The fraction of sp³-hybridized carbons (Fsp3) is 0.800. The molecule has 0 aromatic heterocycles. The third kappa shape index (κ3) is 5.48. The van der Waals surface area contributed by atoms with E-state index in [1.165, 1.54) is 0 Å². The van der Waals surface area contributed by atoms with E-state index >= 15 is 0 Å². The number of carboxylic acid groups (broad SMARTS) is 1. The Morgan fingerprint density at radius 1 is 1.17 bits per heavy atom. The fourth-order valence-corrected chi connectivity index (χ4v) is 3.47. The van der Waals surface area contributed by atoms with Gasteiger partial charge in [-0.2, -0.15) is 0 Å². The van der Waals surface area contributed by atoms with Gasteiger partial charge in [-0.15, -0.1) is 0 Å². The summed E-state index contributed by atoms with van der Waals surface area (Å²) >= 11 is 0. The summed E-state index contributed by atoms with van der Waals surface area (Å²) in [5.41, 5.74) is 4.77. The Hall–Kier alpha value is -1.61. The lowest BCUT2D eigenvalue weighted by atomic mass is 9.80. The Labute approximate surface area is 143 Å². The lowest BCUT2D eigenvalue weighted by molar-refractivity contribution is -0.136. The molecule has 0 aromatic rings. The predicted octanol–water partition coefficient (Wildman–Crippen LogP) is 1.59. The molecule has 1 aliphatic carbocycles. The van der Waals surface area contributed by atoms with Crippen molar-refractivity contribution in [3.05, 3.63) is 0 Å². The van der Waals surface area contributed by atoms with Gasteiger partial charge >= 0.3 is 6.09 Å². The maximum Gasteiger partial charge on any atom is 0.404 e. The summed E-state index contributed by atoms with van der Waals surface area (Å²) in [6.07, 6.45) is -0.883. The molecule has 1 atom stereocenters. The Kier molecular flexibility index (Phi) is 6.40. The molecule has 4 N–H and O–H groups in total. The standard InChI is InChI=1S/C15H29N3O5Si/c1-9(23-24(5,6)15(2,3)4)12(19)17-18-13(20)10-7-11(8-10)16-14(21)22/h9-11,16H,7-8H2,1-6H3,(H,17,19)(H,18,20)(H,21,22)/t9-,10?,11?/m1/s1. The molecule has 1 rings (SSSR count). The van der Waals surface area contributed by atoms with E-state index in [1.807, 2.05) is 0 Å². The van der Waals surface area contributed by atoms with Crippen LogP contribution in [-0.4, -0.2) is 43.5 Å².